The van der Waals surface area contributed by atoms with Gasteiger partial charge in [-0.15, -0.1) is 0 Å². The lowest BCUT2D eigenvalue weighted by atomic mass is 10.1. The number of hydrogen-bond acceptors (Lipinski definition) is 3. The Hall–Kier alpha value is -4.43. The summed E-state index contributed by atoms with van der Waals surface area (Å²) in [5.74, 6) is -1.20. The Morgan fingerprint density at radius 1 is 1.03 bits per heavy atom. The topological polar surface area (TPSA) is 83.4 Å². The first-order valence-electron chi connectivity index (χ1n) is 10.6. The van der Waals surface area contributed by atoms with Crippen molar-refractivity contribution in [3.05, 3.63) is 101 Å². The number of urea groups is 1. The van der Waals surface area contributed by atoms with Crippen molar-refractivity contribution in [1.29, 1.82) is 0 Å². The summed E-state index contributed by atoms with van der Waals surface area (Å²) >= 11 is 6.02. The predicted octanol–water partition coefficient (Wildman–Crippen LogP) is 5.17. The fraction of sp³-hybridized carbons (Fsp3) is 0.0385. The van der Waals surface area contributed by atoms with Crippen molar-refractivity contribution in [2.45, 2.75) is 6.54 Å². The second-order valence-corrected chi connectivity index (χ2v) is 8.33. The number of para-hydroxylation sites is 1. The standard InChI is InChI=1S/C26H18ClFN4O3/c27-17-4-3-5-20(13-17)32-25(34)22(30-26(32)35)12-16-14-31(23-7-2-1-6-21(16)23)15-24(33)29-19-10-8-18(28)9-11-19/h1-14H,15H2,(H,29,33)(H,30,35)/b22-12+. The van der Waals surface area contributed by atoms with Crippen molar-refractivity contribution in [2.75, 3.05) is 10.2 Å². The highest BCUT2D eigenvalue weighted by atomic mass is 35.5. The van der Waals surface area contributed by atoms with E-state index in [0.29, 0.717) is 22.0 Å². The number of imide groups is 1. The molecule has 0 bridgehead atoms. The molecule has 0 spiro atoms. The highest BCUT2D eigenvalue weighted by Gasteiger charge is 2.35. The van der Waals surface area contributed by atoms with Gasteiger partial charge in [-0.05, 0) is 54.6 Å². The first-order chi connectivity index (χ1) is 16.9. The summed E-state index contributed by atoms with van der Waals surface area (Å²) in [6.45, 7) is -0.00396. The number of rotatable bonds is 5. The van der Waals surface area contributed by atoms with Crippen LogP contribution in [0.5, 0.6) is 0 Å². The molecular weight excluding hydrogens is 471 g/mol. The average Bonchev–Trinajstić information content (AvgIpc) is 3.31. The first kappa shape index (κ1) is 22.4. The zero-order valence-electron chi connectivity index (χ0n) is 18.2. The third-order valence-electron chi connectivity index (χ3n) is 5.51. The monoisotopic (exact) mass is 488 g/mol. The number of hydrogen-bond donors (Lipinski definition) is 2. The maximum atomic E-state index is 13.1. The predicted molar refractivity (Wildman–Crippen MR) is 132 cm³/mol. The number of amides is 4. The van der Waals surface area contributed by atoms with Crippen LogP contribution < -0.4 is 15.5 Å². The molecule has 2 heterocycles. The van der Waals surface area contributed by atoms with Gasteiger partial charge in [0.25, 0.3) is 5.91 Å². The SMILES string of the molecule is O=C(Cn1cc(/C=C2/NC(=O)N(c3cccc(Cl)c3)C2=O)c2ccccc21)Nc1ccc(F)cc1. The quantitative estimate of drug-likeness (QED) is 0.300. The Kier molecular flexibility index (Phi) is 5.80. The number of benzene rings is 3. The molecule has 4 amide bonds. The number of nitrogens with zero attached hydrogens (tertiary/aromatic N) is 2. The lowest BCUT2D eigenvalue weighted by Crippen LogP contribution is -2.30. The fourth-order valence-electron chi connectivity index (χ4n) is 3.95. The van der Waals surface area contributed by atoms with E-state index in [9.17, 15) is 18.8 Å². The van der Waals surface area contributed by atoms with Crippen LogP contribution in [0.2, 0.25) is 5.02 Å². The molecule has 0 radical (unpaired) electrons. The number of fused-ring (bicyclic) bond motifs is 1. The molecule has 1 aromatic heterocycles. The number of anilines is 2. The minimum atomic E-state index is -0.578. The molecule has 5 rings (SSSR count). The number of aromatic nitrogens is 1. The van der Waals surface area contributed by atoms with Gasteiger partial charge in [-0.1, -0.05) is 35.9 Å². The van der Waals surface area contributed by atoms with Crippen molar-refractivity contribution in [3.8, 4) is 0 Å². The van der Waals surface area contributed by atoms with E-state index in [1.165, 1.54) is 30.3 Å². The molecule has 9 heteroatoms. The Bertz CT molecular complexity index is 1510. The van der Waals surface area contributed by atoms with Crippen LogP contribution in [0.1, 0.15) is 5.56 Å². The van der Waals surface area contributed by atoms with E-state index in [2.05, 4.69) is 10.6 Å². The Morgan fingerprint density at radius 3 is 2.57 bits per heavy atom. The molecule has 1 aliphatic rings. The van der Waals surface area contributed by atoms with Gasteiger partial charge in [-0.25, -0.2) is 14.1 Å². The van der Waals surface area contributed by atoms with Crippen LogP contribution in [0.4, 0.5) is 20.6 Å². The molecule has 4 aromatic rings. The molecule has 0 unspecified atom stereocenters. The summed E-state index contributed by atoms with van der Waals surface area (Å²) in [7, 11) is 0. The average molecular weight is 489 g/mol. The molecule has 0 saturated carbocycles. The highest BCUT2D eigenvalue weighted by Crippen LogP contribution is 2.28. The molecule has 0 aliphatic carbocycles. The van der Waals surface area contributed by atoms with Gasteiger partial charge in [0.1, 0.15) is 18.1 Å². The third kappa shape index (κ3) is 4.51. The Morgan fingerprint density at radius 2 is 1.80 bits per heavy atom. The van der Waals surface area contributed by atoms with Crippen LogP contribution in [0.3, 0.4) is 0 Å². The van der Waals surface area contributed by atoms with Crippen LogP contribution in [0.25, 0.3) is 17.0 Å². The number of halogens is 2. The Balaban J connectivity index is 1.43. The third-order valence-corrected chi connectivity index (χ3v) is 5.74. The van der Waals surface area contributed by atoms with Crippen molar-refractivity contribution < 1.29 is 18.8 Å². The zero-order chi connectivity index (χ0) is 24.5. The minimum absolute atomic E-state index is 0.00396. The number of carbonyl (C=O) groups excluding carboxylic acids is 3. The highest BCUT2D eigenvalue weighted by molar-refractivity contribution is 6.32. The van der Waals surface area contributed by atoms with E-state index in [1.54, 1.807) is 35.0 Å². The van der Waals surface area contributed by atoms with E-state index in [4.69, 9.17) is 11.6 Å². The van der Waals surface area contributed by atoms with Crippen molar-refractivity contribution >= 4 is 57.8 Å². The van der Waals surface area contributed by atoms with Gasteiger partial charge in [-0.3, -0.25) is 9.59 Å². The molecule has 1 fully saturated rings. The lowest BCUT2D eigenvalue weighted by Gasteiger charge is -2.11. The Labute approximate surface area is 204 Å². The van der Waals surface area contributed by atoms with Crippen LogP contribution in [0, 0.1) is 5.82 Å². The van der Waals surface area contributed by atoms with Crippen LogP contribution >= 0.6 is 11.6 Å². The largest absolute Gasteiger partial charge is 0.337 e. The molecule has 3 aromatic carbocycles. The van der Waals surface area contributed by atoms with Gasteiger partial charge < -0.3 is 15.2 Å². The van der Waals surface area contributed by atoms with Crippen molar-refractivity contribution in [3.63, 3.8) is 0 Å². The van der Waals surface area contributed by atoms with Gasteiger partial charge in [0.15, 0.2) is 0 Å². The van der Waals surface area contributed by atoms with Gasteiger partial charge in [0.05, 0.1) is 5.69 Å². The van der Waals surface area contributed by atoms with Crippen molar-refractivity contribution in [1.82, 2.24) is 9.88 Å². The summed E-state index contributed by atoms with van der Waals surface area (Å²) < 4.78 is 14.9. The normalized spacial score (nSPS) is 14.6. The first-order valence-corrected chi connectivity index (χ1v) is 11.0. The summed E-state index contributed by atoms with van der Waals surface area (Å²) in [5.41, 5.74) is 2.39. The second kappa shape index (κ2) is 9.08. The van der Waals surface area contributed by atoms with Gasteiger partial charge in [0.2, 0.25) is 5.91 Å². The van der Waals surface area contributed by atoms with Crippen molar-refractivity contribution in [2.24, 2.45) is 0 Å². The molecule has 1 aliphatic heterocycles. The van der Waals surface area contributed by atoms with Gasteiger partial charge >= 0.3 is 6.03 Å². The van der Waals surface area contributed by atoms with E-state index in [1.807, 2.05) is 24.3 Å². The summed E-state index contributed by atoms with van der Waals surface area (Å²) in [4.78, 5) is 39.2. The number of nitrogens with one attached hydrogen (secondary N) is 2. The van der Waals surface area contributed by atoms with Gasteiger partial charge in [-0.2, -0.15) is 0 Å². The molecule has 35 heavy (non-hydrogen) atoms. The summed E-state index contributed by atoms with van der Waals surface area (Å²) in [6, 6.07) is 18.8. The second-order valence-electron chi connectivity index (χ2n) is 7.89. The fourth-order valence-corrected chi connectivity index (χ4v) is 4.13. The van der Waals surface area contributed by atoms with Gasteiger partial charge in [0, 0.05) is 33.4 Å². The van der Waals surface area contributed by atoms with Crippen LogP contribution in [0.15, 0.2) is 84.7 Å². The molecule has 0 atom stereocenters. The van der Waals surface area contributed by atoms with E-state index >= 15 is 0 Å². The van der Waals surface area contributed by atoms with E-state index in [-0.39, 0.29) is 24.0 Å². The zero-order valence-corrected chi connectivity index (χ0v) is 18.9. The smallest absolute Gasteiger partial charge is 0.333 e. The number of carbonyl (C=O) groups is 3. The van der Waals surface area contributed by atoms with E-state index < -0.39 is 11.9 Å². The van der Waals surface area contributed by atoms with Crippen LogP contribution in [-0.4, -0.2) is 22.4 Å². The maximum absolute atomic E-state index is 13.1. The minimum Gasteiger partial charge on any atom is -0.337 e. The summed E-state index contributed by atoms with van der Waals surface area (Å²) in [5, 5.41) is 6.55. The van der Waals surface area contributed by atoms with E-state index in [0.717, 1.165) is 15.8 Å². The molecule has 2 N–H and O–H groups in total. The van der Waals surface area contributed by atoms with Crippen LogP contribution in [-0.2, 0) is 16.1 Å². The summed E-state index contributed by atoms with van der Waals surface area (Å²) in [6.07, 6.45) is 3.32. The maximum Gasteiger partial charge on any atom is 0.333 e. The molecule has 1 saturated heterocycles. The lowest BCUT2D eigenvalue weighted by molar-refractivity contribution is -0.116. The molecule has 174 valence electrons. The molecular formula is C26H18ClFN4O3. The molecule has 7 nitrogen and oxygen atoms in total.